The first kappa shape index (κ1) is 21.4. The Hall–Kier alpha value is -2.50. The third kappa shape index (κ3) is 4.94. The highest BCUT2D eigenvalue weighted by atomic mass is 32.2. The molecule has 0 unspecified atom stereocenters. The molecule has 1 aliphatic heterocycles. The normalized spacial score (nSPS) is 17.0. The van der Waals surface area contributed by atoms with E-state index in [2.05, 4.69) is 25.8 Å². The number of piperazine rings is 1. The Morgan fingerprint density at radius 3 is 2.69 bits per heavy atom. The van der Waals surface area contributed by atoms with Crippen molar-refractivity contribution in [1.82, 2.24) is 35.0 Å². The zero-order chi connectivity index (χ0) is 21.9. The maximum atomic E-state index is 12.7. The minimum atomic E-state index is 0.149. The quantitative estimate of drug-likeness (QED) is 0.463. The van der Waals surface area contributed by atoms with Crippen molar-refractivity contribution in [3.63, 3.8) is 0 Å². The van der Waals surface area contributed by atoms with Crippen molar-refractivity contribution >= 4 is 29.0 Å². The van der Waals surface area contributed by atoms with Gasteiger partial charge in [0.25, 0.3) is 0 Å². The number of methoxy groups -OCH3 is 1. The number of thioether (sulfide) groups is 1. The van der Waals surface area contributed by atoms with Gasteiger partial charge in [-0.2, -0.15) is 0 Å². The lowest BCUT2D eigenvalue weighted by Crippen LogP contribution is -2.48. The lowest BCUT2D eigenvalue weighted by atomic mass is 10.2. The second-order valence-corrected chi connectivity index (χ2v) is 9.76. The van der Waals surface area contributed by atoms with E-state index in [4.69, 9.17) is 9.72 Å². The van der Waals surface area contributed by atoms with Gasteiger partial charge in [-0.15, -0.1) is 16.4 Å². The summed E-state index contributed by atoms with van der Waals surface area (Å²) in [7, 11) is 1.67. The van der Waals surface area contributed by atoms with Crippen molar-refractivity contribution in [2.75, 3.05) is 39.0 Å². The molecule has 9 nitrogen and oxygen atoms in total. The van der Waals surface area contributed by atoms with Gasteiger partial charge in [-0.05, 0) is 47.5 Å². The van der Waals surface area contributed by atoms with Gasteiger partial charge in [-0.1, -0.05) is 11.8 Å². The van der Waals surface area contributed by atoms with E-state index in [-0.39, 0.29) is 5.91 Å². The molecule has 1 saturated heterocycles. The van der Waals surface area contributed by atoms with Crippen molar-refractivity contribution in [1.29, 1.82) is 0 Å². The summed E-state index contributed by atoms with van der Waals surface area (Å²) in [4.78, 5) is 21.8. The van der Waals surface area contributed by atoms with Crippen LogP contribution in [0.2, 0.25) is 0 Å². The highest BCUT2D eigenvalue weighted by Gasteiger charge is 2.29. The standard InChI is InChI=1S/C21H25N7O2S2/c1-30-18-6-2-15(3-7-18)20-22-16(13-31-20)12-26-8-10-27(11-9-26)19(29)14-32-21-23-24-25-28(21)17-4-5-17/h2-3,6-7,13,17H,4-5,8-12,14H2,1H3. The molecule has 2 fully saturated rings. The van der Waals surface area contributed by atoms with E-state index in [1.807, 2.05) is 33.8 Å². The molecule has 11 heteroatoms. The first-order chi connectivity index (χ1) is 15.7. The number of amides is 1. The molecule has 1 amide bonds. The molecular formula is C21H25N7O2S2. The van der Waals surface area contributed by atoms with Gasteiger partial charge in [0.05, 0.1) is 24.6 Å². The third-order valence-electron chi connectivity index (χ3n) is 5.68. The SMILES string of the molecule is COc1ccc(-c2nc(CN3CCN(C(=O)CSc4nnnn4C4CC4)CC3)cs2)cc1. The predicted molar refractivity (Wildman–Crippen MR) is 123 cm³/mol. The summed E-state index contributed by atoms with van der Waals surface area (Å²) in [5.41, 5.74) is 2.17. The summed E-state index contributed by atoms with van der Waals surface area (Å²) in [5.74, 6) is 1.37. The van der Waals surface area contributed by atoms with Crippen LogP contribution in [0.3, 0.4) is 0 Å². The van der Waals surface area contributed by atoms with E-state index in [9.17, 15) is 4.79 Å². The maximum absolute atomic E-state index is 12.7. The number of carbonyl (C=O) groups is 1. The number of tetrazole rings is 1. The van der Waals surface area contributed by atoms with Gasteiger partial charge in [-0.25, -0.2) is 9.67 Å². The summed E-state index contributed by atoms with van der Waals surface area (Å²) in [6.45, 7) is 3.99. The molecule has 0 radical (unpaired) electrons. The molecule has 3 aromatic rings. The second-order valence-electron chi connectivity index (χ2n) is 7.96. The molecule has 2 aliphatic rings. The van der Waals surface area contributed by atoms with Crippen LogP contribution in [0, 0.1) is 0 Å². The van der Waals surface area contributed by atoms with Crippen molar-refractivity contribution in [3.8, 4) is 16.3 Å². The van der Waals surface area contributed by atoms with Crippen molar-refractivity contribution in [2.24, 2.45) is 0 Å². The molecule has 1 aromatic carbocycles. The molecule has 3 heterocycles. The van der Waals surface area contributed by atoms with E-state index in [1.165, 1.54) is 11.8 Å². The molecule has 5 rings (SSSR count). The highest BCUT2D eigenvalue weighted by Crippen LogP contribution is 2.36. The van der Waals surface area contributed by atoms with Crippen molar-refractivity contribution < 1.29 is 9.53 Å². The summed E-state index contributed by atoms with van der Waals surface area (Å²) < 4.78 is 7.08. The molecule has 0 spiro atoms. The molecule has 1 saturated carbocycles. The van der Waals surface area contributed by atoms with Crippen molar-refractivity contribution in [3.05, 3.63) is 35.3 Å². The second kappa shape index (κ2) is 9.55. The summed E-state index contributed by atoms with van der Waals surface area (Å²) in [5, 5.41) is 15.7. The topological polar surface area (TPSA) is 89.3 Å². The Bertz CT molecular complexity index is 1060. The van der Waals surface area contributed by atoms with Crippen LogP contribution in [0.1, 0.15) is 24.6 Å². The number of hydrogen-bond acceptors (Lipinski definition) is 9. The lowest BCUT2D eigenvalue weighted by Gasteiger charge is -2.34. The fraction of sp³-hybridized carbons (Fsp3) is 0.476. The number of hydrogen-bond donors (Lipinski definition) is 0. The minimum absolute atomic E-state index is 0.149. The number of rotatable bonds is 8. The van der Waals surface area contributed by atoms with E-state index in [0.717, 1.165) is 72.7 Å². The number of carbonyl (C=O) groups excluding carboxylic acids is 1. The number of thiazole rings is 1. The number of benzene rings is 1. The zero-order valence-electron chi connectivity index (χ0n) is 17.9. The number of aromatic nitrogens is 5. The van der Waals surface area contributed by atoms with Crippen LogP contribution in [0.5, 0.6) is 5.75 Å². The van der Waals surface area contributed by atoms with Gasteiger partial charge in [-0.3, -0.25) is 9.69 Å². The van der Waals surface area contributed by atoms with Crippen LogP contribution < -0.4 is 4.74 Å². The van der Waals surface area contributed by atoms with Gasteiger partial charge in [0.2, 0.25) is 11.1 Å². The lowest BCUT2D eigenvalue weighted by molar-refractivity contribution is -0.130. The zero-order valence-corrected chi connectivity index (χ0v) is 19.5. The van der Waals surface area contributed by atoms with Gasteiger partial charge in [0.15, 0.2) is 0 Å². The molecule has 1 aliphatic carbocycles. The van der Waals surface area contributed by atoms with Gasteiger partial charge >= 0.3 is 0 Å². The summed E-state index contributed by atoms with van der Waals surface area (Å²) in [6, 6.07) is 8.40. The Balaban J connectivity index is 1.09. The van der Waals surface area contributed by atoms with Gasteiger partial charge in [0.1, 0.15) is 10.8 Å². The van der Waals surface area contributed by atoms with Crippen LogP contribution in [-0.4, -0.2) is 79.9 Å². The van der Waals surface area contributed by atoms with Crippen LogP contribution in [0.4, 0.5) is 0 Å². The first-order valence-corrected chi connectivity index (χ1v) is 12.6. The summed E-state index contributed by atoms with van der Waals surface area (Å²) >= 11 is 3.09. The summed E-state index contributed by atoms with van der Waals surface area (Å²) in [6.07, 6.45) is 2.24. The largest absolute Gasteiger partial charge is 0.497 e. The molecule has 0 N–H and O–H groups in total. The van der Waals surface area contributed by atoms with Gasteiger partial charge in [0, 0.05) is 43.7 Å². The predicted octanol–water partition coefficient (Wildman–Crippen LogP) is 2.58. The van der Waals surface area contributed by atoms with Gasteiger partial charge < -0.3 is 9.64 Å². The minimum Gasteiger partial charge on any atom is -0.497 e. The average molecular weight is 472 g/mol. The third-order valence-corrected chi connectivity index (χ3v) is 7.54. The molecule has 2 aromatic heterocycles. The maximum Gasteiger partial charge on any atom is 0.233 e. The van der Waals surface area contributed by atoms with Crippen LogP contribution in [-0.2, 0) is 11.3 Å². The first-order valence-electron chi connectivity index (χ1n) is 10.7. The Kier molecular flexibility index (Phi) is 6.37. The van der Waals surface area contributed by atoms with Crippen LogP contribution >= 0.6 is 23.1 Å². The molecule has 0 bridgehead atoms. The molecule has 0 atom stereocenters. The van der Waals surface area contributed by atoms with E-state index in [1.54, 1.807) is 18.4 Å². The Morgan fingerprint density at radius 1 is 1.19 bits per heavy atom. The molecule has 168 valence electrons. The highest BCUT2D eigenvalue weighted by molar-refractivity contribution is 7.99. The van der Waals surface area contributed by atoms with Crippen molar-refractivity contribution in [2.45, 2.75) is 30.6 Å². The molecular weight excluding hydrogens is 446 g/mol. The molecule has 32 heavy (non-hydrogen) atoms. The van der Waals surface area contributed by atoms with E-state index >= 15 is 0 Å². The fourth-order valence-corrected chi connectivity index (χ4v) is 5.34. The smallest absolute Gasteiger partial charge is 0.233 e. The number of ether oxygens (including phenoxy) is 1. The fourth-order valence-electron chi connectivity index (χ4n) is 3.68. The Morgan fingerprint density at radius 2 is 1.97 bits per heavy atom. The van der Waals surface area contributed by atoms with E-state index in [0.29, 0.717) is 11.8 Å². The van der Waals surface area contributed by atoms with Crippen LogP contribution in [0.25, 0.3) is 10.6 Å². The number of nitrogens with zero attached hydrogens (tertiary/aromatic N) is 7. The average Bonchev–Trinajstić information content (AvgIpc) is 3.38. The Labute approximate surface area is 194 Å². The monoisotopic (exact) mass is 471 g/mol. The van der Waals surface area contributed by atoms with Crippen LogP contribution in [0.15, 0.2) is 34.8 Å². The van der Waals surface area contributed by atoms with E-state index < -0.39 is 0 Å².